The van der Waals surface area contributed by atoms with Crippen LogP contribution in [0.4, 0.5) is 11.4 Å². The minimum absolute atomic E-state index is 0.0378. The van der Waals surface area contributed by atoms with Crippen molar-refractivity contribution in [1.29, 1.82) is 0 Å². The van der Waals surface area contributed by atoms with E-state index in [0.29, 0.717) is 0 Å². The molecular formula is C22H27N3O2. The highest BCUT2D eigenvalue weighted by Gasteiger charge is 2.28. The molecule has 5 heteroatoms. The van der Waals surface area contributed by atoms with Gasteiger partial charge in [-0.25, -0.2) is 0 Å². The second-order valence-electron chi connectivity index (χ2n) is 7.43. The molecular weight excluding hydrogens is 338 g/mol. The highest BCUT2D eigenvalue weighted by atomic mass is 16.2. The Morgan fingerprint density at radius 3 is 2.70 bits per heavy atom. The lowest BCUT2D eigenvalue weighted by atomic mass is 10.1. The monoisotopic (exact) mass is 365 g/mol. The number of carbonyl (C=O) groups excluding carboxylic acids is 2. The summed E-state index contributed by atoms with van der Waals surface area (Å²) in [5.41, 5.74) is 5.27. The standard InChI is InChI=1S/C22H27N3O2/c1-15-9-10-16(2)19(11-15)23-21(26)13-24(4)22(27)14-25-17(3)12-18-7-5-6-8-20(18)25/h5-11,17H,12-14H2,1-4H3,(H,23,26)/t17-/m0/s1. The normalized spacial score (nSPS) is 15.4. The first kappa shape index (κ1) is 19.0. The fourth-order valence-corrected chi connectivity index (χ4v) is 3.50. The number of hydrogen-bond acceptors (Lipinski definition) is 3. The van der Waals surface area contributed by atoms with Crippen LogP contribution in [0.15, 0.2) is 42.5 Å². The number of rotatable bonds is 5. The van der Waals surface area contributed by atoms with Crippen LogP contribution in [0.1, 0.15) is 23.6 Å². The maximum atomic E-state index is 12.7. The molecule has 2 amide bonds. The topological polar surface area (TPSA) is 52.7 Å². The predicted octanol–water partition coefficient (Wildman–Crippen LogP) is 3.15. The number of hydrogen-bond donors (Lipinski definition) is 1. The maximum Gasteiger partial charge on any atom is 0.243 e. The van der Waals surface area contributed by atoms with Gasteiger partial charge in [-0.3, -0.25) is 9.59 Å². The van der Waals surface area contributed by atoms with Crippen molar-refractivity contribution in [3.63, 3.8) is 0 Å². The van der Waals surface area contributed by atoms with Crippen molar-refractivity contribution in [2.45, 2.75) is 33.2 Å². The summed E-state index contributed by atoms with van der Waals surface area (Å²) < 4.78 is 0. The first-order valence-corrected chi connectivity index (χ1v) is 9.30. The molecule has 2 aromatic rings. The number of para-hydroxylation sites is 1. The summed E-state index contributed by atoms with van der Waals surface area (Å²) in [6.07, 6.45) is 0.945. The molecule has 2 aromatic carbocycles. The minimum Gasteiger partial charge on any atom is -0.359 e. The molecule has 0 aromatic heterocycles. The average molecular weight is 365 g/mol. The quantitative estimate of drug-likeness (QED) is 0.886. The Kier molecular flexibility index (Phi) is 5.49. The first-order valence-electron chi connectivity index (χ1n) is 9.30. The molecule has 0 spiro atoms. The summed E-state index contributed by atoms with van der Waals surface area (Å²) in [5.74, 6) is -0.246. The van der Waals surface area contributed by atoms with Crippen molar-refractivity contribution in [3.05, 3.63) is 59.2 Å². The number of fused-ring (bicyclic) bond motifs is 1. The number of likely N-dealkylation sites (N-methyl/N-ethyl adjacent to an activating group) is 1. The van der Waals surface area contributed by atoms with Gasteiger partial charge in [-0.2, -0.15) is 0 Å². The number of nitrogens with zero attached hydrogens (tertiary/aromatic N) is 2. The molecule has 1 aliphatic heterocycles. The van der Waals surface area contributed by atoms with Gasteiger partial charge >= 0.3 is 0 Å². The van der Waals surface area contributed by atoms with Gasteiger partial charge in [0.25, 0.3) is 0 Å². The molecule has 0 unspecified atom stereocenters. The molecule has 142 valence electrons. The zero-order valence-electron chi connectivity index (χ0n) is 16.5. The third-order valence-corrected chi connectivity index (χ3v) is 5.13. The Balaban J connectivity index is 1.59. The van der Waals surface area contributed by atoms with Crippen LogP contribution in [-0.4, -0.2) is 42.9 Å². The summed E-state index contributed by atoms with van der Waals surface area (Å²) in [4.78, 5) is 28.7. The van der Waals surface area contributed by atoms with Gasteiger partial charge < -0.3 is 15.1 Å². The Hall–Kier alpha value is -2.82. The fraction of sp³-hybridized carbons (Fsp3) is 0.364. The SMILES string of the molecule is Cc1ccc(C)c(NC(=O)CN(C)C(=O)CN2c3ccccc3C[C@@H]2C)c1. The summed E-state index contributed by atoms with van der Waals surface area (Å²) in [6.45, 7) is 6.39. The van der Waals surface area contributed by atoms with Crippen LogP contribution in [0, 0.1) is 13.8 Å². The molecule has 1 atom stereocenters. The second kappa shape index (κ2) is 7.82. The van der Waals surface area contributed by atoms with Crippen LogP contribution in [0.2, 0.25) is 0 Å². The van der Waals surface area contributed by atoms with Crippen molar-refractivity contribution < 1.29 is 9.59 Å². The first-order chi connectivity index (χ1) is 12.8. The zero-order chi connectivity index (χ0) is 19.6. The van der Waals surface area contributed by atoms with Crippen molar-refractivity contribution >= 4 is 23.2 Å². The molecule has 0 fully saturated rings. The molecule has 0 bridgehead atoms. The van der Waals surface area contributed by atoms with E-state index < -0.39 is 0 Å². The summed E-state index contributed by atoms with van der Waals surface area (Å²) >= 11 is 0. The van der Waals surface area contributed by atoms with Crippen LogP contribution in [0.5, 0.6) is 0 Å². The lowest BCUT2D eigenvalue weighted by Gasteiger charge is -2.27. The highest BCUT2D eigenvalue weighted by molar-refractivity contribution is 5.95. The van der Waals surface area contributed by atoms with Crippen LogP contribution < -0.4 is 10.2 Å². The van der Waals surface area contributed by atoms with Crippen molar-refractivity contribution in [3.8, 4) is 0 Å². The number of carbonyl (C=O) groups is 2. The number of benzene rings is 2. The van der Waals surface area contributed by atoms with Gasteiger partial charge in [0.15, 0.2) is 0 Å². The molecule has 27 heavy (non-hydrogen) atoms. The van der Waals surface area contributed by atoms with E-state index in [1.807, 2.05) is 44.2 Å². The Morgan fingerprint density at radius 2 is 1.93 bits per heavy atom. The lowest BCUT2D eigenvalue weighted by Crippen LogP contribution is -2.43. The number of nitrogens with one attached hydrogen (secondary N) is 1. The van der Waals surface area contributed by atoms with E-state index in [9.17, 15) is 9.59 Å². The Labute approximate surface area is 161 Å². The van der Waals surface area contributed by atoms with Gasteiger partial charge in [0.2, 0.25) is 11.8 Å². The van der Waals surface area contributed by atoms with Gasteiger partial charge in [0.1, 0.15) is 0 Å². The van der Waals surface area contributed by atoms with Gasteiger partial charge in [0, 0.05) is 24.5 Å². The number of anilines is 2. The third-order valence-electron chi connectivity index (χ3n) is 5.13. The van der Waals surface area contributed by atoms with Gasteiger partial charge in [0.05, 0.1) is 13.1 Å². The summed E-state index contributed by atoms with van der Waals surface area (Å²) in [7, 11) is 1.68. The van der Waals surface area contributed by atoms with E-state index >= 15 is 0 Å². The summed E-state index contributed by atoms with van der Waals surface area (Å²) in [6, 6.07) is 14.4. The minimum atomic E-state index is -0.186. The lowest BCUT2D eigenvalue weighted by molar-refractivity contribution is -0.132. The molecule has 0 saturated carbocycles. The van der Waals surface area contributed by atoms with Gasteiger partial charge in [-0.1, -0.05) is 30.3 Å². The zero-order valence-corrected chi connectivity index (χ0v) is 16.5. The molecule has 1 N–H and O–H groups in total. The highest BCUT2D eigenvalue weighted by Crippen LogP contribution is 2.31. The van der Waals surface area contributed by atoms with E-state index in [4.69, 9.17) is 0 Å². The van der Waals surface area contributed by atoms with Gasteiger partial charge in [-0.15, -0.1) is 0 Å². The smallest absolute Gasteiger partial charge is 0.243 e. The molecule has 3 rings (SSSR count). The van der Waals surface area contributed by atoms with E-state index in [0.717, 1.165) is 28.9 Å². The van der Waals surface area contributed by atoms with E-state index in [1.54, 1.807) is 7.05 Å². The van der Waals surface area contributed by atoms with E-state index in [2.05, 4.69) is 29.3 Å². The molecule has 1 heterocycles. The Bertz CT molecular complexity index is 862. The number of aryl methyl sites for hydroxylation is 2. The largest absolute Gasteiger partial charge is 0.359 e. The van der Waals surface area contributed by atoms with E-state index in [1.165, 1.54) is 10.5 Å². The Morgan fingerprint density at radius 1 is 1.19 bits per heavy atom. The molecule has 0 saturated heterocycles. The summed E-state index contributed by atoms with van der Waals surface area (Å²) in [5, 5.41) is 2.91. The average Bonchev–Trinajstić information content (AvgIpc) is 2.93. The van der Waals surface area contributed by atoms with Crippen LogP contribution in [0.3, 0.4) is 0 Å². The molecule has 0 aliphatic carbocycles. The predicted molar refractivity (Wildman–Crippen MR) is 109 cm³/mol. The third kappa shape index (κ3) is 4.30. The van der Waals surface area contributed by atoms with Gasteiger partial charge in [-0.05, 0) is 56.0 Å². The number of amides is 2. The van der Waals surface area contributed by atoms with Crippen LogP contribution in [0.25, 0.3) is 0 Å². The van der Waals surface area contributed by atoms with Crippen LogP contribution >= 0.6 is 0 Å². The van der Waals surface area contributed by atoms with Crippen molar-refractivity contribution in [2.24, 2.45) is 0 Å². The maximum absolute atomic E-state index is 12.7. The van der Waals surface area contributed by atoms with Crippen molar-refractivity contribution in [2.75, 3.05) is 30.4 Å². The molecule has 1 aliphatic rings. The fourth-order valence-electron chi connectivity index (χ4n) is 3.50. The second-order valence-corrected chi connectivity index (χ2v) is 7.43. The molecule has 5 nitrogen and oxygen atoms in total. The van der Waals surface area contributed by atoms with E-state index in [-0.39, 0.29) is 30.9 Å². The van der Waals surface area contributed by atoms with Crippen LogP contribution in [-0.2, 0) is 16.0 Å². The molecule has 0 radical (unpaired) electrons. The van der Waals surface area contributed by atoms with Crippen molar-refractivity contribution in [1.82, 2.24) is 4.90 Å².